The van der Waals surface area contributed by atoms with E-state index in [1.54, 1.807) is 49.6 Å². The summed E-state index contributed by atoms with van der Waals surface area (Å²) in [4.78, 5) is 27.2. The summed E-state index contributed by atoms with van der Waals surface area (Å²) < 4.78 is 40.3. The molecule has 1 atom stereocenters. The van der Waals surface area contributed by atoms with Crippen LogP contribution in [0.15, 0.2) is 53.4 Å². The Kier molecular flexibility index (Phi) is 8.35. The van der Waals surface area contributed by atoms with E-state index >= 15 is 0 Å². The molecule has 2 aromatic rings. The van der Waals surface area contributed by atoms with Crippen LogP contribution in [-0.4, -0.2) is 60.8 Å². The van der Waals surface area contributed by atoms with Gasteiger partial charge in [-0.1, -0.05) is 42.2 Å². The van der Waals surface area contributed by atoms with Gasteiger partial charge < -0.3 is 14.2 Å². The summed E-state index contributed by atoms with van der Waals surface area (Å²) >= 11 is 6.50. The van der Waals surface area contributed by atoms with Gasteiger partial charge in [-0.3, -0.25) is 9.69 Å². The zero-order valence-corrected chi connectivity index (χ0v) is 22.7. The minimum atomic E-state index is -3.16. The number of ether oxygens (including phenoxy) is 3. The summed E-state index contributed by atoms with van der Waals surface area (Å²) in [7, 11) is -1.57. The minimum Gasteiger partial charge on any atom is -0.497 e. The average Bonchev–Trinajstić information content (AvgIpc) is 3.36. The Balaban J connectivity index is 1.48. The maximum atomic E-state index is 13.0. The Morgan fingerprint density at radius 1 is 1.16 bits per heavy atom. The van der Waals surface area contributed by atoms with Crippen molar-refractivity contribution in [3.05, 3.63) is 64.6 Å². The lowest BCUT2D eigenvalue weighted by molar-refractivity contribution is -0.129. The van der Waals surface area contributed by atoms with Crippen LogP contribution < -0.4 is 14.2 Å². The molecule has 2 aromatic carbocycles. The van der Waals surface area contributed by atoms with E-state index in [9.17, 15) is 18.0 Å². The number of sulfone groups is 1. The van der Waals surface area contributed by atoms with E-state index in [0.29, 0.717) is 33.6 Å². The second kappa shape index (κ2) is 11.5. The first-order chi connectivity index (χ1) is 17.7. The minimum absolute atomic E-state index is 0.0565. The third kappa shape index (κ3) is 6.60. The van der Waals surface area contributed by atoms with Crippen LogP contribution in [-0.2, 0) is 19.4 Å². The molecule has 0 N–H and O–H groups in total. The number of carbonyl (C=O) groups is 2. The number of carbonyl (C=O) groups excluding carboxylic acids is 2. The molecule has 2 aliphatic rings. The third-order valence-corrected chi connectivity index (χ3v) is 8.78. The first kappa shape index (κ1) is 26.9. The topological polar surface area (TPSA) is 99.2 Å². The van der Waals surface area contributed by atoms with E-state index in [2.05, 4.69) is 0 Å². The van der Waals surface area contributed by atoms with Gasteiger partial charge in [0, 0.05) is 6.08 Å². The first-order valence-electron chi connectivity index (χ1n) is 11.5. The van der Waals surface area contributed by atoms with Crippen LogP contribution >= 0.6 is 24.0 Å². The van der Waals surface area contributed by atoms with Gasteiger partial charge in [0.05, 0.1) is 36.2 Å². The van der Waals surface area contributed by atoms with Gasteiger partial charge in [-0.05, 0) is 60.9 Å². The fraction of sp³-hybridized carbons (Fsp3) is 0.269. The van der Waals surface area contributed by atoms with Crippen LogP contribution in [0.1, 0.15) is 24.5 Å². The maximum absolute atomic E-state index is 13.0. The van der Waals surface area contributed by atoms with Crippen LogP contribution in [0.3, 0.4) is 0 Å². The highest BCUT2D eigenvalue weighted by atomic mass is 32.2. The standard InChI is InChI=1S/C26H25NO7S3/c1-3-33-22-14-18(15-23-25(29)27(26(35)36-23)19-12-13-37(30,31)16-19)6-10-21(22)34-24(28)11-7-17-4-8-20(32-2)9-5-17/h4-11,14-15,19H,3,12-13,16H2,1-2H3/b11-7+,23-15-. The Hall–Kier alpha value is -3.15. The number of hydrogen-bond acceptors (Lipinski definition) is 9. The number of esters is 1. The zero-order chi connectivity index (χ0) is 26.6. The van der Waals surface area contributed by atoms with Gasteiger partial charge in [0.15, 0.2) is 21.3 Å². The highest BCUT2D eigenvalue weighted by molar-refractivity contribution is 8.26. The smallest absolute Gasteiger partial charge is 0.336 e. The van der Waals surface area contributed by atoms with E-state index < -0.39 is 21.8 Å². The van der Waals surface area contributed by atoms with Crippen LogP contribution in [0.4, 0.5) is 0 Å². The normalized spacial score (nSPS) is 20.1. The van der Waals surface area contributed by atoms with Crippen molar-refractivity contribution in [2.75, 3.05) is 25.2 Å². The van der Waals surface area contributed by atoms with Crippen LogP contribution in [0.2, 0.25) is 0 Å². The Labute approximate surface area is 225 Å². The Morgan fingerprint density at radius 2 is 1.89 bits per heavy atom. The number of hydrogen-bond donors (Lipinski definition) is 0. The molecule has 8 nitrogen and oxygen atoms in total. The second-order valence-electron chi connectivity index (χ2n) is 8.28. The van der Waals surface area contributed by atoms with Crippen LogP contribution in [0.25, 0.3) is 12.2 Å². The summed E-state index contributed by atoms with van der Waals surface area (Å²) in [5.74, 6) is 0.405. The van der Waals surface area contributed by atoms with Crippen molar-refractivity contribution < 1.29 is 32.2 Å². The van der Waals surface area contributed by atoms with E-state index in [0.717, 1.165) is 23.1 Å². The second-order valence-corrected chi connectivity index (χ2v) is 12.2. The predicted octanol–water partition coefficient (Wildman–Crippen LogP) is 4.10. The van der Waals surface area contributed by atoms with Crippen LogP contribution in [0, 0.1) is 0 Å². The summed E-state index contributed by atoms with van der Waals surface area (Å²) in [5, 5.41) is 0. The molecule has 4 rings (SSSR count). The molecule has 2 aliphatic heterocycles. The van der Waals surface area contributed by atoms with Crippen LogP contribution in [0.5, 0.6) is 17.2 Å². The molecule has 0 radical (unpaired) electrons. The number of rotatable bonds is 8. The van der Waals surface area contributed by atoms with Gasteiger partial charge in [0.25, 0.3) is 5.91 Å². The first-order valence-corrected chi connectivity index (χ1v) is 14.5. The molecule has 2 saturated heterocycles. The molecule has 1 amide bonds. The zero-order valence-electron chi connectivity index (χ0n) is 20.2. The molecule has 0 saturated carbocycles. The molecule has 2 fully saturated rings. The molecule has 11 heteroatoms. The molecule has 0 aliphatic carbocycles. The summed E-state index contributed by atoms with van der Waals surface area (Å²) in [6.07, 6.45) is 5.00. The lowest BCUT2D eigenvalue weighted by Crippen LogP contribution is -2.39. The number of benzene rings is 2. The van der Waals surface area contributed by atoms with Gasteiger partial charge >= 0.3 is 5.97 Å². The fourth-order valence-corrected chi connectivity index (χ4v) is 7.01. The predicted molar refractivity (Wildman–Crippen MR) is 147 cm³/mol. The number of thioether (sulfide) groups is 1. The third-order valence-electron chi connectivity index (χ3n) is 5.70. The number of methoxy groups -OCH3 is 1. The monoisotopic (exact) mass is 559 g/mol. The Morgan fingerprint density at radius 3 is 2.54 bits per heavy atom. The van der Waals surface area contributed by atoms with Gasteiger partial charge in [0.2, 0.25) is 0 Å². The van der Waals surface area contributed by atoms with Crippen molar-refractivity contribution in [2.24, 2.45) is 0 Å². The van der Waals surface area contributed by atoms with Gasteiger partial charge in [-0.15, -0.1) is 0 Å². The summed E-state index contributed by atoms with van der Waals surface area (Å²) in [6, 6.07) is 11.8. The van der Waals surface area contributed by atoms with Gasteiger partial charge in [-0.2, -0.15) is 0 Å². The van der Waals surface area contributed by atoms with E-state index in [1.165, 1.54) is 11.0 Å². The molecular weight excluding hydrogens is 534 g/mol. The average molecular weight is 560 g/mol. The molecule has 1 unspecified atom stereocenters. The number of thiocarbonyl (C=S) groups is 1. The lowest BCUT2D eigenvalue weighted by Gasteiger charge is -2.20. The van der Waals surface area contributed by atoms with Gasteiger partial charge in [0.1, 0.15) is 10.1 Å². The highest BCUT2D eigenvalue weighted by Gasteiger charge is 2.42. The molecule has 194 valence electrons. The maximum Gasteiger partial charge on any atom is 0.336 e. The van der Waals surface area contributed by atoms with Crippen molar-refractivity contribution in [1.82, 2.24) is 4.90 Å². The molecule has 0 spiro atoms. The van der Waals surface area contributed by atoms with E-state index in [4.69, 9.17) is 26.4 Å². The molecule has 0 bridgehead atoms. The van der Waals surface area contributed by atoms with Crippen molar-refractivity contribution in [1.29, 1.82) is 0 Å². The van der Waals surface area contributed by atoms with E-state index in [-0.39, 0.29) is 23.2 Å². The van der Waals surface area contributed by atoms with Crippen molar-refractivity contribution in [3.63, 3.8) is 0 Å². The highest BCUT2D eigenvalue weighted by Crippen LogP contribution is 2.37. The lowest BCUT2D eigenvalue weighted by atomic mass is 10.1. The fourth-order valence-electron chi connectivity index (χ4n) is 3.91. The van der Waals surface area contributed by atoms with Crippen molar-refractivity contribution >= 4 is 62.2 Å². The number of nitrogens with zero attached hydrogens (tertiary/aromatic N) is 1. The quantitative estimate of drug-likeness (QED) is 0.205. The van der Waals surface area contributed by atoms with Crippen molar-refractivity contribution in [3.8, 4) is 17.2 Å². The Bertz CT molecular complexity index is 1380. The SMILES string of the molecule is CCOc1cc(/C=C2\SC(=S)N(C3CCS(=O)(=O)C3)C2=O)ccc1OC(=O)/C=C/c1ccc(OC)cc1. The molecular formula is C26H25NO7S3. The van der Waals surface area contributed by atoms with E-state index in [1.807, 2.05) is 19.1 Å². The summed E-state index contributed by atoms with van der Waals surface area (Å²) in [5.41, 5.74) is 1.46. The molecule has 0 aromatic heterocycles. The number of amides is 1. The largest absolute Gasteiger partial charge is 0.497 e. The molecule has 37 heavy (non-hydrogen) atoms. The van der Waals surface area contributed by atoms with Gasteiger partial charge in [-0.25, -0.2) is 13.2 Å². The molecule has 2 heterocycles. The van der Waals surface area contributed by atoms with Crippen molar-refractivity contribution in [2.45, 2.75) is 19.4 Å². The summed E-state index contributed by atoms with van der Waals surface area (Å²) in [6.45, 7) is 2.15.